The Morgan fingerprint density at radius 3 is 1.33 bits per heavy atom. The molecule has 1 nitrogen and oxygen atoms in total. The lowest BCUT2D eigenvalue weighted by molar-refractivity contribution is 0.548. The maximum absolute atomic E-state index is 3.32. The molecule has 0 heterocycles. The molecule has 0 aromatic rings. The zero-order chi connectivity index (χ0) is 18.3. The summed E-state index contributed by atoms with van der Waals surface area (Å²) in [6.07, 6.45) is 12.8. The molecule has 0 N–H and O–H groups in total. The predicted molar refractivity (Wildman–Crippen MR) is 119 cm³/mol. The second-order valence-corrected chi connectivity index (χ2v) is 16.1. The van der Waals surface area contributed by atoms with Crippen molar-refractivity contribution >= 4 is 17.2 Å². The zero-order valence-corrected chi connectivity index (χ0v) is 20.3. The molecule has 0 aliphatic rings. The van der Waals surface area contributed by atoms with Crippen LogP contribution in [0.15, 0.2) is 0 Å². The van der Waals surface area contributed by atoms with E-state index in [-0.39, 0.29) is 0 Å². The Kier molecular flexibility index (Phi) is 15.9. The third kappa shape index (κ3) is 8.66. The summed E-state index contributed by atoms with van der Waals surface area (Å²) in [5, 5.41) is 0. The van der Waals surface area contributed by atoms with E-state index < -0.39 is 17.2 Å². The van der Waals surface area contributed by atoms with Gasteiger partial charge in [-0.3, -0.25) is 0 Å². The lowest BCUT2D eigenvalue weighted by Crippen LogP contribution is -2.60. The molecular weight excluding hydrogens is 322 g/mol. The molecule has 0 spiro atoms. The average molecular weight is 372 g/mol. The quantitative estimate of drug-likeness (QED) is 0.238. The highest BCUT2D eigenvalue weighted by molar-refractivity contribution is 6.85. The van der Waals surface area contributed by atoms with Gasteiger partial charge in [0, 0.05) is 0 Å². The van der Waals surface area contributed by atoms with Crippen molar-refractivity contribution in [3.8, 4) is 0 Å². The first-order valence-electron chi connectivity index (χ1n) is 11.4. The van der Waals surface area contributed by atoms with Crippen LogP contribution in [-0.4, -0.2) is 28.0 Å². The molecule has 0 atom stereocenters. The second-order valence-electron chi connectivity index (χ2n) is 7.96. The van der Waals surface area contributed by atoms with Gasteiger partial charge in [-0.1, -0.05) is 92.9 Å². The smallest absolute Gasteiger partial charge is 0.121 e. The van der Waals surface area contributed by atoms with Gasteiger partial charge in [0.05, 0.1) is 0 Å². The summed E-state index contributed by atoms with van der Waals surface area (Å²) in [5.74, 6) is 0. The van der Waals surface area contributed by atoms with Gasteiger partial charge in [0.1, 0.15) is 17.2 Å². The normalized spacial score (nSPS) is 12.5. The van der Waals surface area contributed by atoms with E-state index in [4.69, 9.17) is 0 Å². The van der Waals surface area contributed by atoms with E-state index in [1.807, 2.05) is 0 Å². The maximum atomic E-state index is 3.32. The van der Waals surface area contributed by atoms with Gasteiger partial charge in [0.25, 0.3) is 0 Å². The van der Waals surface area contributed by atoms with E-state index in [2.05, 4.69) is 45.8 Å². The van der Waals surface area contributed by atoms with E-state index in [0.29, 0.717) is 0 Å². The topological polar surface area (TPSA) is 3.24 Å². The van der Waals surface area contributed by atoms with Gasteiger partial charge in [-0.25, -0.2) is 0 Å². The number of hydrogen-bond donors (Lipinski definition) is 0. The highest BCUT2D eigenvalue weighted by Gasteiger charge is 2.40. The third-order valence-electron chi connectivity index (χ3n) is 5.73. The molecule has 3 heteroatoms. The zero-order valence-electron chi connectivity index (χ0n) is 18.1. The molecule has 0 aromatic heterocycles. The van der Waals surface area contributed by atoms with Crippen molar-refractivity contribution in [1.29, 1.82) is 0 Å². The van der Waals surface area contributed by atoms with Crippen LogP contribution in [0.25, 0.3) is 0 Å². The summed E-state index contributed by atoms with van der Waals surface area (Å²) >= 11 is 0. The van der Waals surface area contributed by atoms with Crippen LogP contribution in [0.2, 0.25) is 30.2 Å². The van der Waals surface area contributed by atoms with Gasteiger partial charge in [-0.2, -0.15) is 0 Å². The Morgan fingerprint density at radius 2 is 1.00 bits per heavy atom. The van der Waals surface area contributed by atoms with Gasteiger partial charge < -0.3 is 4.23 Å². The summed E-state index contributed by atoms with van der Waals surface area (Å²) in [6, 6.07) is 7.89. The summed E-state index contributed by atoms with van der Waals surface area (Å²) in [7, 11) is -1.97. The molecule has 24 heavy (non-hydrogen) atoms. The fourth-order valence-electron chi connectivity index (χ4n) is 4.67. The van der Waals surface area contributed by atoms with Crippen molar-refractivity contribution in [3.05, 3.63) is 0 Å². The van der Waals surface area contributed by atoms with Gasteiger partial charge in [-0.15, -0.1) is 0 Å². The molecule has 0 aliphatic carbocycles. The molecule has 0 rings (SSSR count). The van der Waals surface area contributed by atoms with Crippen LogP contribution >= 0.6 is 0 Å². The Hall–Kier alpha value is 0.394. The van der Waals surface area contributed by atoms with E-state index >= 15 is 0 Å². The van der Waals surface area contributed by atoms with E-state index in [1.165, 1.54) is 64.3 Å². The van der Waals surface area contributed by atoms with E-state index in [9.17, 15) is 0 Å². The van der Waals surface area contributed by atoms with Crippen molar-refractivity contribution in [2.24, 2.45) is 0 Å². The monoisotopic (exact) mass is 371 g/mol. The van der Waals surface area contributed by atoms with Crippen LogP contribution in [0.1, 0.15) is 99.3 Å². The van der Waals surface area contributed by atoms with Crippen molar-refractivity contribution < 1.29 is 0 Å². The minimum absolute atomic E-state index is 0.740. The van der Waals surface area contributed by atoms with Gasteiger partial charge in [-0.05, 0) is 43.2 Å². The Bertz CT molecular complexity index is 246. The lowest BCUT2D eigenvalue weighted by Gasteiger charge is -2.47. The molecule has 0 bridgehead atoms. The van der Waals surface area contributed by atoms with Crippen LogP contribution in [0, 0.1) is 0 Å². The molecule has 0 unspecified atom stereocenters. The first-order valence-corrected chi connectivity index (χ1v) is 16.1. The SMILES string of the molecule is CCCCN([SiH](CCCC)CCCC)[Si](CCC)(CCC)CCC. The van der Waals surface area contributed by atoms with Gasteiger partial charge in [0.15, 0.2) is 0 Å². The van der Waals surface area contributed by atoms with Crippen molar-refractivity contribution in [2.75, 3.05) is 6.54 Å². The minimum Gasteiger partial charge on any atom is -0.347 e. The highest BCUT2D eigenvalue weighted by Crippen LogP contribution is 2.33. The first-order chi connectivity index (χ1) is 11.7. The largest absolute Gasteiger partial charge is 0.347 e. The Morgan fingerprint density at radius 1 is 0.583 bits per heavy atom. The molecular formula is C21H49NSi2. The van der Waals surface area contributed by atoms with Gasteiger partial charge >= 0.3 is 0 Å². The molecule has 0 aliphatic heterocycles. The molecule has 146 valence electrons. The van der Waals surface area contributed by atoms with Crippen molar-refractivity contribution in [3.63, 3.8) is 0 Å². The summed E-state index contributed by atoms with van der Waals surface area (Å²) in [5.41, 5.74) is 0. The van der Waals surface area contributed by atoms with Crippen LogP contribution < -0.4 is 0 Å². The number of hydrogen-bond acceptors (Lipinski definition) is 1. The van der Waals surface area contributed by atoms with Gasteiger partial charge in [0.2, 0.25) is 0 Å². The summed E-state index contributed by atoms with van der Waals surface area (Å²) in [4.78, 5) is 0. The Labute approximate surface area is 157 Å². The molecule has 0 fully saturated rings. The fourth-order valence-corrected chi connectivity index (χ4v) is 18.0. The molecule has 0 saturated carbocycles. The minimum atomic E-state index is -1.23. The predicted octanol–water partition coefficient (Wildman–Crippen LogP) is 7.59. The fraction of sp³-hybridized carbons (Fsp3) is 1.00. The first kappa shape index (κ1) is 24.4. The van der Waals surface area contributed by atoms with E-state index in [1.54, 1.807) is 30.2 Å². The third-order valence-corrected chi connectivity index (χ3v) is 17.5. The van der Waals surface area contributed by atoms with E-state index in [0.717, 1.165) is 0 Å². The van der Waals surface area contributed by atoms with Crippen LogP contribution in [-0.2, 0) is 0 Å². The summed E-state index contributed by atoms with van der Waals surface area (Å²) in [6.45, 7) is 15.9. The molecule has 0 amide bonds. The lowest BCUT2D eigenvalue weighted by atomic mass is 10.3. The number of nitrogens with zero attached hydrogens (tertiary/aromatic N) is 1. The van der Waals surface area contributed by atoms with Crippen LogP contribution in [0.3, 0.4) is 0 Å². The highest BCUT2D eigenvalue weighted by atomic mass is 28.4. The molecule has 0 radical (unpaired) electrons. The van der Waals surface area contributed by atoms with Crippen LogP contribution in [0.4, 0.5) is 0 Å². The average Bonchev–Trinajstić information content (AvgIpc) is 2.57. The maximum Gasteiger partial charge on any atom is 0.121 e. The number of rotatable bonds is 17. The van der Waals surface area contributed by atoms with Crippen molar-refractivity contribution in [2.45, 2.75) is 130 Å². The molecule has 0 saturated heterocycles. The molecule has 0 aromatic carbocycles. The summed E-state index contributed by atoms with van der Waals surface area (Å²) < 4.78 is 3.32. The standard InChI is InChI=1S/C21H49NSi2/c1-7-13-16-22(23(17-14-8-2)18-15-9-3)24(19-10-4,20-11-5)21-12-6/h23H,7-21H2,1-6H3. The Balaban J connectivity index is 5.52. The van der Waals surface area contributed by atoms with Crippen LogP contribution in [0.5, 0.6) is 0 Å². The second kappa shape index (κ2) is 15.6. The van der Waals surface area contributed by atoms with Crippen molar-refractivity contribution in [1.82, 2.24) is 4.23 Å². The number of unbranched alkanes of at least 4 members (excludes halogenated alkanes) is 3.